The van der Waals surface area contributed by atoms with Crippen LogP contribution in [0.15, 0.2) is 16.9 Å². The predicted molar refractivity (Wildman–Crippen MR) is 91.0 cm³/mol. The van der Waals surface area contributed by atoms with E-state index in [2.05, 4.69) is 30.6 Å². The monoisotopic (exact) mass is 331 g/mol. The minimum atomic E-state index is -0.240. The highest BCUT2D eigenvalue weighted by molar-refractivity contribution is 5.42. The van der Waals surface area contributed by atoms with Crippen molar-refractivity contribution in [1.29, 1.82) is 0 Å². The van der Waals surface area contributed by atoms with Crippen LogP contribution >= 0.6 is 0 Å². The summed E-state index contributed by atoms with van der Waals surface area (Å²) in [5.41, 5.74) is 7.08. The highest BCUT2D eigenvalue weighted by Gasteiger charge is 2.30. The van der Waals surface area contributed by atoms with Crippen LogP contribution in [0.3, 0.4) is 0 Å². The number of hydrogen-bond acceptors (Lipinski definition) is 8. The molecule has 3 rings (SSSR count). The van der Waals surface area contributed by atoms with Gasteiger partial charge >= 0.3 is 0 Å². The maximum absolute atomic E-state index is 11.4. The molecule has 0 bridgehead atoms. The first-order valence-corrected chi connectivity index (χ1v) is 7.88. The number of rotatable bonds is 6. The van der Waals surface area contributed by atoms with Crippen LogP contribution in [-0.4, -0.2) is 44.2 Å². The van der Waals surface area contributed by atoms with Crippen molar-refractivity contribution >= 4 is 17.7 Å². The zero-order valence-electron chi connectivity index (χ0n) is 13.4. The Labute approximate surface area is 138 Å². The SMILES string of the molecule is Cc1cc(=O)[nH]c(NCCNc2cc(C3CC(O)C3)nc(N)n2)n1. The fourth-order valence-corrected chi connectivity index (χ4v) is 2.65. The third-order valence-corrected chi connectivity index (χ3v) is 3.89. The second-order valence-electron chi connectivity index (χ2n) is 5.95. The molecule has 128 valence electrons. The van der Waals surface area contributed by atoms with Gasteiger partial charge in [0.05, 0.1) is 11.8 Å². The first kappa shape index (κ1) is 16.2. The van der Waals surface area contributed by atoms with Crippen LogP contribution in [0.4, 0.5) is 17.7 Å². The van der Waals surface area contributed by atoms with Crippen molar-refractivity contribution in [3.8, 4) is 0 Å². The van der Waals surface area contributed by atoms with Gasteiger partial charge in [-0.3, -0.25) is 9.78 Å². The minimum Gasteiger partial charge on any atom is -0.393 e. The van der Waals surface area contributed by atoms with E-state index in [-0.39, 0.29) is 23.5 Å². The summed E-state index contributed by atoms with van der Waals surface area (Å²) in [5.74, 6) is 1.54. The van der Waals surface area contributed by atoms with E-state index in [1.165, 1.54) is 6.07 Å². The Bertz CT molecular complexity index is 771. The Morgan fingerprint density at radius 2 is 2.00 bits per heavy atom. The lowest BCUT2D eigenvalue weighted by atomic mass is 9.80. The van der Waals surface area contributed by atoms with E-state index in [4.69, 9.17) is 5.73 Å². The lowest BCUT2D eigenvalue weighted by Crippen LogP contribution is -2.27. The number of aliphatic hydroxyl groups is 1. The molecule has 0 atom stereocenters. The Kier molecular flexibility index (Phi) is 4.61. The van der Waals surface area contributed by atoms with E-state index in [0.717, 1.165) is 5.69 Å². The third kappa shape index (κ3) is 3.99. The van der Waals surface area contributed by atoms with E-state index in [1.807, 2.05) is 6.07 Å². The number of H-pyrrole nitrogens is 1. The van der Waals surface area contributed by atoms with Crippen molar-refractivity contribution in [3.63, 3.8) is 0 Å². The summed E-state index contributed by atoms with van der Waals surface area (Å²) in [6, 6.07) is 3.30. The molecule has 0 radical (unpaired) electrons. The van der Waals surface area contributed by atoms with Gasteiger partial charge in [-0.25, -0.2) is 9.97 Å². The molecule has 0 amide bonds. The van der Waals surface area contributed by atoms with Crippen molar-refractivity contribution in [2.45, 2.75) is 31.8 Å². The van der Waals surface area contributed by atoms with E-state index in [1.54, 1.807) is 6.92 Å². The number of aromatic amines is 1. The van der Waals surface area contributed by atoms with Gasteiger partial charge in [-0.2, -0.15) is 4.98 Å². The van der Waals surface area contributed by atoms with Crippen LogP contribution in [0, 0.1) is 6.92 Å². The van der Waals surface area contributed by atoms with Crippen molar-refractivity contribution in [2.75, 3.05) is 29.5 Å². The average Bonchev–Trinajstić information content (AvgIpc) is 2.47. The van der Waals surface area contributed by atoms with Gasteiger partial charge in [0.1, 0.15) is 5.82 Å². The van der Waals surface area contributed by atoms with E-state index < -0.39 is 0 Å². The standard InChI is InChI=1S/C15H21N7O2/c1-8-4-13(24)22-15(19-8)18-3-2-17-12-7-11(20-14(16)21-12)9-5-10(23)6-9/h4,7,9-10,23H,2-3,5-6H2,1H3,(H3,16,17,20,21)(H2,18,19,22,24). The molecule has 24 heavy (non-hydrogen) atoms. The number of aryl methyl sites for hydroxylation is 1. The topological polar surface area (TPSA) is 142 Å². The molecular formula is C15H21N7O2. The van der Waals surface area contributed by atoms with Gasteiger partial charge < -0.3 is 21.5 Å². The number of nitrogen functional groups attached to an aromatic ring is 1. The molecule has 1 fully saturated rings. The van der Waals surface area contributed by atoms with Gasteiger partial charge in [0.25, 0.3) is 5.56 Å². The summed E-state index contributed by atoms with van der Waals surface area (Å²) < 4.78 is 0. The Morgan fingerprint density at radius 3 is 2.71 bits per heavy atom. The van der Waals surface area contributed by atoms with Crippen molar-refractivity contribution in [3.05, 3.63) is 33.9 Å². The molecule has 0 saturated heterocycles. The van der Waals surface area contributed by atoms with E-state index in [0.29, 0.717) is 43.4 Å². The number of aromatic nitrogens is 4. The summed E-state index contributed by atoms with van der Waals surface area (Å²) in [6.45, 7) is 2.88. The molecule has 1 aliphatic carbocycles. The van der Waals surface area contributed by atoms with Gasteiger partial charge in [-0.15, -0.1) is 0 Å². The van der Waals surface area contributed by atoms with E-state index >= 15 is 0 Å². The molecule has 1 saturated carbocycles. The average molecular weight is 331 g/mol. The molecule has 2 aromatic heterocycles. The smallest absolute Gasteiger partial charge is 0.252 e. The van der Waals surface area contributed by atoms with Gasteiger partial charge in [0.15, 0.2) is 0 Å². The van der Waals surface area contributed by atoms with Gasteiger partial charge in [0, 0.05) is 36.8 Å². The van der Waals surface area contributed by atoms with Gasteiger partial charge in [0.2, 0.25) is 11.9 Å². The van der Waals surface area contributed by atoms with Crippen LogP contribution in [0.25, 0.3) is 0 Å². The van der Waals surface area contributed by atoms with Crippen LogP contribution in [0.1, 0.15) is 30.1 Å². The maximum Gasteiger partial charge on any atom is 0.252 e. The van der Waals surface area contributed by atoms with Crippen molar-refractivity contribution in [2.24, 2.45) is 0 Å². The number of nitrogens with two attached hydrogens (primary N) is 1. The molecule has 0 aliphatic heterocycles. The van der Waals surface area contributed by atoms with E-state index in [9.17, 15) is 9.90 Å². The molecule has 0 unspecified atom stereocenters. The largest absolute Gasteiger partial charge is 0.393 e. The second-order valence-corrected chi connectivity index (χ2v) is 5.95. The quantitative estimate of drug-likeness (QED) is 0.473. The fraction of sp³-hybridized carbons (Fsp3) is 0.467. The molecule has 2 heterocycles. The Hall–Kier alpha value is -2.68. The number of aliphatic hydroxyl groups excluding tert-OH is 1. The van der Waals surface area contributed by atoms with Crippen LogP contribution in [0.2, 0.25) is 0 Å². The summed E-state index contributed by atoms with van der Waals surface area (Å²) >= 11 is 0. The molecule has 0 spiro atoms. The first-order valence-electron chi connectivity index (χ1n) is 7.88. The zero-order valence-corrected chi connectivity index (χ0v) is 13.4. The summed E-state index contributed by atoms with van der Waals surface area (Å²) in [7, 11) is 0. The summed E-state index contributed by atoms with van der Waals surface area (Å²) in [6.07, 6.45) is 1.18. The van der Waals surface area contributed by atoms with Crippen LogP contribution in [-0.2, 0) is 0 Å². The molecule has 2 aromatic rings. The molecule has 0 aromatic carbocycles. The number of hydrogen-bond donors (Lipinski definition) is 5. The second kappa shape index (κ2) is 6.83. The fourth-order valence-electron chi connectivity index (χ4n) is 2.65. The maximum atomic E-state index is 11.4. The Morgan fingerprint density at radius 1 is 1.25 bits per heavy atom. The molecule has 9 heteroatoms. The van der Waals surface area contributed by atoms with Crippen molar-refractivity contribution in [1.82, 2.24) is 19.9 Å². The lowest BCUT2D eigenvalue weighted by molar-refractivity contribution is 0.0732. The molecule has 9 nitrogen and oxygen atoms in total. The number of nitrogens with zero attached hydrogens (tertiary/aromatic N) is 3. The number of nitrogens with one attached hydrogen (secondary N) is 3. The summed E-state index contributed by atoms with van der Waals surface area (Å²) in [5, 5.41) is 15.6. The molecular weight excluding hydrogens is 310 g/mol. The summed E-state index contributed by atoms with van der Waals surface area (Å²) in [4.78, 5) is 26.6. The minimum absolute atomic E-state index is 0.186. The molecule has 1 aliphatic rings. The highest BCUT2D eigenvalue weighted by Crippen LogP contribution is 2.36. The first-order chi connectivity index (χ1) is 11.5. The van der Waals surface area contributed by atoms with Crippen LogP contribution in [0.5, 0.6) is 0 Å². The van der Waals surface area contributed by atoms with Gasteiger partial charge in [-0.05, 0) is 19.8 Å². The zero-order chi connectivity index (χ0) is 17.1. The van der Waals surface area contributed by atoms with Crippen LogP contribution < -0.4 is 21.9 Å². The number of anilines is 3. The predicted octanol–water partition coefficient (Wildman–Crippen LogP) is 0.213. The van der Waals surface area contributed by atoms with Gasteiger partial charge in [-0.1, -0.05) is 0 Å². The lowest BCUT2D eigenvalue weighted by Gasteiger charge is -2.30. The third-order valence-electron chi connectivity index (χ3n) is 3.89. The highest BCUT2D eigenvalue weighted by atomic mass is 16.3. The Balaban J connectivity index is 1.54. The normalized spacial score (nSPS) is 19.6. The molecule has 6 N–H and O–H groups in total. The van der Waals surface area contributed by atoms with Crippen molar-refractivity contribution < 1.29 is 5.11 Å².